The zero-order valence-electron chi connectivity index (χ0n) is 13.7. The van der Waals surface area contributed by atoms with Crippen molar-refractivity contribution in [1.82, 2.24) is 5.16 Å². The molecule has 0 aliphatic rings. The average molecular weight is 401 g/mol. The first-order chi connectivity index (χ1) is 13.0. The van der Waals surface area contributed by atoms with Gasteiger partial charge in [0, 0.05) is 16.1 Å². The number of aromatic nitrogens is 1. The van der Waals surface area contributed by atoms with E-state index in [1.54, 1.807) is 30.3 Å². The Kier molecular flexibility index (Phi) is 4.56. The van der Waals surface area contributed by atoms with Crippen molar-refractivity contribution in [2.45, 2.75) is 0 Å². The van der Waals surface area contributed by atoms with Crippen LogP contribution in [-0.4, -0.2) is 11.1 Å². The number of carbonyl (C=O) groups is 1. The van der Waals surface area contributed by atoms with E-state index in [0.29, 0.717) is 32.9 Å². The Labute approximate surface area is 163 Å². The van der Waals surface area contributed by atoms with Gasteiger partial charge in [-0.05, 0) is 60.7 Å². The highest BCUT2D eigenvalue weighted by Crippen LogP contribution is 2.30. The van der Waals surface area contributed by atoms with Gasteiger partial charge in [-0.3, -0.25) is 4.79 Å². The van der Waals surface area contributed by atoms with E-state index < -0.39 is 5.82 Å². The second kappa shape index (κ2) is 7.02. The summed E-state index contributed by atoms with van der Waals surface area (Å²) in [5.41, 5.74) is 2.13. The molecule has 0 saturated heterocycles. The highest BCUT2D eigenvalue weighted by molar-refractivity contribution is 6.34. The summed E-state index contributed by atoms with van der Waals surface area (Å²) in [5, 5.41) is 8.12. The molecule has 4 rings (SSSR count). The number of hydrogen-bond acceptors (Lipinski definition) is 3. The Morgan fingerprint density at radius 3 is 2.52 bits per heavy atom. The molecule has 0 unspecified atom stereocenters. The van der Waals surface area contributed by atoms with Crippen molar-refractivity contribution < 1.29 is 13.7 Å². The lowest BCUT2D eigenvalue weighted by atomic mass is 10.1. The molecule has 0 aliphatic carbocycles. The Bertz CT molecular complexity index is 1160. The molecule has 0 atom stereocenters. The standard InChI is InChI=1S/C20H11Cl2FN2O2/c21-13-4-1-11(2-5-13)19-15-9-12(3-7-17(15)25-27-19)20(26)24-18-8-6-14(23)10-16(18)22/h1-10H,(H,24,26). The van der Waals surface area contributed by atoms with Gasteiger partial charge < -0.3 is 9.84 Å². The number of nitrogens with zero attached hydrogens (tertiary/aromatic N) is 1. The topological polar surface area (TPSA) is 55.1 Å². The number of halogens is 3. The lowest BCUT2D eigenvalue weighted by Crippen LogP contribution is -2.12. The molecule has 0 fully saturated rings. The molecule has 1 amide bonds. The minimum Gasteiger partial charge on any atom is -0.355 e. The predicted molar refractivity (Wildman–Crippen MR) is 104 cm³/mol. The number of rotatable bonds is 3. The van der Waals surface area contributed by atoms with Crippen molar-refractivity contribution in [3.05, 3.63) is 82.1 Å². The average Bonchev–Trinajstić information content (AvgIpc) is 3.08. The molecule has 4 nitrogen and oxygen atoms in total. The van der Waals surface area contributed by atoms with Gasteiger partial charge in [0.1, 0.15) is 11.3 Å². The first kappa shape index (κ1) is 17.5. The minimum absolute atomic E-state index is 0.122. The molecule has 3 aromatic carbocycles. The maximum atomic E-state index is 13.2. The van der Waals surface area contributed by atoms with Crippen molar-refractivity contribution in [2.75, 3.05) is 5.32 Å². The van der Waals surface area contributed by atoms with Crippen LogP contribution >= 0.6 is 23.2 Å². The van der Waals surface area contributed by atoms with Crippen LogP contribution in [0.5, 0.6) is 0 Å². The van der Waals surface area contributed by atoms with Gasteiger partial charge in [-0.15, -0.1) is 0 Å². The van der Waals surface area contributed by atoms with E-state index >= 15 is 0 Å². The monoisotopic (exact) mass is 400 g/mol. The van der Waals surface area contributed by atoms with E-state index in [1.165, 1.54) is 12.1 Å². The number of amides is 1. The normalized spacial score (nSPS) is 10.9. The molecule has 0 radical (unpaired) electrons. The van der Waals surface area contributed by atoms with E-state index in [0.717, 1.165) is 11.6 Å². The van der Waals surface area contributed by atoms with E-state index in [-0.39, 0.29) is 10.9 Å². The van der Waals surface area contributed by atoms with Gasteiger partial charge in [0.05, 0.1) is 16.1 Å². The van der Waals surface area contributed by atoms with E-state index in [1.807, 2.05) is 12.1 Å². The third kappa shape index (κ3) is 3.52. The Balaban J connectivity index is 1.69. The largest absolute Gasteiger partial charge is 0.355 e. The number of fused-ring (bicyclic) bond motifs is 1. The summed E-state index contributed by atoms with van der Waals surface area (Å²) in [6.07, 6.45) is 0. The van der Waals surface area contributed by atoms with Crippen LogP contribution in [0, 0.1) is 5.82 Å². The third-order valence-electron chi connectivity index (χ3n) is 4.02. The van der Waals surface area contributed by atoms with Crippen molar-refractivity contribution in [3.63, 3.8) is 0 Å². The molecule has 0 saturated carbocycles. The predicted octanol–water partition coefficient (Wildman–Crippen LogP) is 6.19. The molecule has 1 heterocycles. The van der Waals surface area contributed by atoms with Crippen LogP contribution in [0.2, 0.25) is 10.0 Å². The number of hydrogen-bond donors (Lipinski definition) is 1. The molecular weight excluding hydrogens is 390 g/mol. The molecule has 4 aromatic rings. The zero-order chi connectivity index (χ0) is 19.0. The van der Waals surface area contributed by atoms with Crippen molar-refractivity contribution in [3.8, 4) is 11.3 Å². The fourth-order valence-corrected chi connectivity index (χ4v) is 3.02. The first-order valence-electron chi connectivity index (χ1n) is 7.93. The van der Waals surface area contributed by atoms with Gasteiger partial charge in [0.15, 0.2) is 5.76 Å². The van der Waals surface area contributed by atoms with Gasteiger partial charge in [-0.2, -0.15) is 0 Å². The lowest BCUT2D eigenvalue weighted by Gasteiger charge is -2.07. The Morgan fingerprint density at radius 1 is 1.00 bits per heavy atom. The number of benzene rings is 3. The smallest absolute Gasteiger partial charge is 0.255 e. The van der Waals surface area contributed by atoms with Crippen LogP contribution < -0.4 is 5.32 Å². The SMILES string of the molecule is O=C(Nc1ccc(F)cc1Cl)c1ccc2noc(-c3ccc(Cl)cc3)c2c1. The van der Waals surface area contributed by atoms with E-state index in [9.17, 15) is 9.18 Å². The van der Waals surface area contributed by atoms with E-state index in [4.69, 9.17) is 27.7 Å². The van der Waals surface area contributed by atoms with Crippen LogP contribution in [0.15, 0.2) is 65.2 Å². The Hall–Kier alpha value is -2.89. The summed E-state index contributed by atoms with van der Waals surface area (Å²) < 4.78 is 18.6. The second-order valence-electron chi connectivity index (χ2n) is 5.83. The fraction of sp³-hybridized carbons (Fsp3) is 0. The summed E-state index contributed by atoms with van der Waals surface area (Å²) in [6.45, 7) is 0. The summed E-state index contributed by atoms with van der Waals surface area (Å²) in [7, 11) is 0. The first-order valence-corrected chi connectivity index (χ1v) is 8.68. The number of nitrogens with one attached hydrogen (secondary N) is 1. The summed E-state index contributed by atoms with van der Waals surface area (Å²) in [4.78, 5) is 12.6. The van der Waals surface area contributed by atoms with Crippen LogP contribution in [0.25, 0.3) is 22.2 Å². The van der Waals surface area contributed by atoms with Crippen molar-refractivity contribution >= 4 is 45.7 Å². The molecule has 0 aliphatic heterocycles. The molecule has 1 aromatic heterocycles. The zero-order valence-corrected chi connectivity index (χ0v) is 15.2. The van der Waals surface area contributed by atoms with Gasteiger partial charge in [0.2, 0.25) is 0 Å². The molecule has 134 valence electrons. The Morgan fingerprint density at radius 2 is 1.78 bits per heavy atom. The summed E-state index contributed by atoms with van der Waals surface area (Å²) in [5.74, 6) is -0.318. The molecule has 0 bridgehead atoms. The molecule has 0 spiro atoms. The third-order valence-corrected chi connectivity index (χ3v) is 4.59. The van der Waals surface area contributed by atoms with Gasteiger partial charge in [-0.1, -0.05) is 28.4 Å². The maximum Gasteiger partial charge on any atom is 0.255 e. The molecule has 7 heteroatoms. The summed E-state index contributed by atoms with van der Waals surface area (Å²) >= 11 is 11.9. The van der Waals surface area contributed by atoms with Crippen LogP contribution in [-0.2, 0) is 0 Å². The second-order valence-corrected chi connectivity index (χ2v) is 6.67. The van der Waals surface area contributed by atoms with Gasteiger partial charge in [-0.25, -0.2) is 4.39 Å². The number of carbonyl (C=O) groups excluding carboxylic acids is 1. The molecule has 27 heavy (non-hydrogen) atoms. The summed E-state index contributed by atoms with van der Waals surface area (Å²) in [6, 6.07) is 15.9. The van der Waals surface area contributed by atoms with Crippen molar-refractivity contribution in [1.29, 1.82) is 0 Å². The van der Waals surface area contributed by atoms with Gasteiger partial charge >= 0.3 is 0 Å². The molecular formula is C20H11Cl2FN2O2. The highest BCUT2D eigenvalue weighted by Gasteiger charge is 2.15. The van der Waals surface area contributed by atoms with Crippen molar-refractivity contribution in [2.24, 2.45) is 0 Å². The lowest BCUT2D eigenvalue weighted by molar-refractivity contribution is 0.102. The van der Waals surface area contributed by atoms with Gasteiger partial charge in [0.25, 0.3) is 5.91 Å². The quantitative estimate of drug-likeness (QED) is 0.445. The molecule has 1 N–H and O–H groups in total. The fourth-order valence-electron chi connectivity index (χ4n) is 2.68. The van der Waals surface area contributed by atoms with E-state index in [2.05, 4.69) is 10.5 Å². The maximum absolute atomic E-state index is 13.2. The number of anilines is 1. The van der Waals surface area contributed by atoms with Crippen LogP contribution in [0.1, 0.15) is 10.4 Å². The highest BCUT2D eigenvalue weighted by atomic mass is 35.5. The van der Waals surface area contributed by atoms with Crippen LogP contribution in [0.4, 0.5) is 10.1 Å². The minimum atomic E-state index is -0.475. The van der Waals surface area contributed by atoms with Crippen LogP contribution in [0.3, 0.4) is 0 Å².